The number of benzene rings is 14. The molecule has 20 aromatic rings. The Morgan fingerprint density at radius 1 is 0.227 bits per heavy atom. The van der Waals surface area contributed by atoms with Crippen molar-refractivity contribution in [2.24, 2.45) is 0 Å². The highest BCUT2D eigenvalue weighted by molar-refractivity contribution is 6.19. The SMILES string of the molecule is c1ccc(-c2ccc3c(c2)c2ccccc2n3-c2c(-c3cccnc3)c(-c3nc4ccccc4o3)c(-n3c4ccccc4c4cc(-c5ccccc5)ccc43)c(-n3c4ccccc4c4cc(-c5ccccc5)ccc43)c2-n2c3ccccc3c3cc(-c4ccccc4)ccc32)cc1. The molecule has 14 aromatic carbocycles. The van der Waals surface area contributed by atoms with Gasteiger partial charge in [-0.25, -0.2) is 4.98 Å². The molecule has 6 aromatic heterocycles. The third-order valence-corrected chi connectivity index (χ3v) is 19.9. The van der Waals surface area contributed by atoms with Gasteiger partial charge in [-0.15, -0.1) is 0 Å². The fourth-order valence-electron chi connectivity index (χ4n) is 15.6. The maximum absolute atomic E-state index is 7.54. The van der Waals surface area contributed by atoms with E-state index in [4.69, 9.17) is 14.4 Å². The van der Waals surface area contributed by atoms with Gasteiger partial charge in [-0.1, -0.05) is 237 Å². The van der Waals surface area contributed by atoms with Crippen LogP contribution in [0.15, 0.2) is 344 Å². The van der Waals surface area contributed by atoms with E-state index in [2.05, 4.69) is 328 Å². The summed E-state index contributed by atoms with van der Waals surface area (Å²) in [5.41, 5.74) is 24.9. The van der Waals surface area contributed by atoms with E-state index in [1.165, 1.54) is 0 Å². The van der Waals surface area contributed by atoms with Gasteiger partial charge in [-0.2, -0.15) is 0 Å². The van der Waals surface area contributed by atoms with E-state index in [-0.39, 0.29) is 0 Å². The molecule has 0 saturated carbocycles. The molecule has 0 bridgehead atoms. The zero-order valence-corrected chi connectivity index (χ0v) is 52.4. The molecule has 0 aliphatic carbocycles. The topological polar surface area (TPSA) is 58.6 Å². The first-order valence-corrected chi connectivity index (χ1v) is 33.0. The molecule has 0 spiro atoms. The average molecular weight is 1240 g/mol. The molecule has 97 heavy (non-hydrogen) atoms. The molecular formula is C90H56N6O. The van der Waals surface area contributed by atoms with E-state index in [9.17, 15) is 0 Å². The number of fused-ring (bicyclic) bond motifs is 13. The maximum Gasteiger partial charge on any atom is 0.230 e. The minimum Gasteiger partial charge on any atom is -0.436 e. The quantitative estimate of drug-likeness (QED) is 0.137. The molecule has 0 saturated heterocycles. The van der Waals surface area contributed by atoms with Gasteiger partial charge in [0.25, 0.3) is 0 Å². The number of oxazole rings is 1. The number of hydrogen-bond donors (Lipinski definition) is 0. The Morgan fingerprint density at radius 2 is 0.536 bits per heavy atom. The van der Waals surface area contributed by atoms with Crippen molar-refractivity contribution >= 4 is 98.3 Å². The number of aromatic nitrogens is 6. The number of hydrogen-bond acceptors (Lipinski definition) is 3. The zero-order chi connectivity index (χ0) is 63.7. The normalized spacial score (nSPS) is 11.9. The van der Waals surface area contributed by atoms with Gasteiger partial charge in [-0.05, 0) is 136 Å². The minimum absolute atomic E-state index is 0.463. The summed E-state index contributed by atoms with van der Waals surface area (Å²) in [5.74, 6) is 0.463. The van der Waals surface area contributed by atoms with E-state index >= 15 is 0 Å². The lowest BCUT2D eigenvalue weighted by molar-refractivity contribution is 0.619. The Kier molecular flexibility index (Phi) is 12.2. The smallest absolute Gasteiger partial charge is 0.230 e. The fourth-order valence-corrected chi connectivity index (χ4v) is 15.6. The Hall–Kier alpha value is -13.1. The van der Waals surface area contributed by atoms with Gasteiger partial charge in [0.2, 0.25) is 5.89 Å². The van der Waals surface area contributed by atoms with Crippen LogP contribution in [-0.2, 0) is 0 Å². The Labute approximate surface area is 557 Å². The summed E-state index contributed by atoms with van der Waals surface area (Å²) < 4.78 is 17.8. The van der Waals surface area contributed by atoms with Crippen LogP contribution in [0, 0.1) is 0 Å². The third kappa shape index (κ3) is 8.42. The van der Waals surface area contributed by atoms with E-state index in [0.29, 0.717) is 11.5 Å². The third-order valence-electron chi connectivity index (χ3n) is 19.9. The van der Waals surface area contributed by atoms with Crippen LogP contribution in [0.25, 0.3) is 188 Å². The molecule has 0 aliphatic heterocycles. The second-order valence-corrected chi connectivity index (χ2v) is 25.2. The minimum atomic E-state index is 0.463. The first kappa shape index (κ1) is 54.5. The fraction of sp³-hybridized carbons (Fsp3) is 0. The van der Waals surface area contributed by atoms with E-state index in [0.717, 1.165) is 177 Å². The molecule has 0 amide bonds. The molecule has 0 radical (unpaired) electrons. The number of nitrogens with zero attached hydrogens (tertiary/aromatic N) is 6. The lowest BCUT2D eigenvalue weighted by atomic mass is 9.92. The standard InChI is InChI=1S/C90H56N6O/c1-5-24-57(25-6-1)61-43-47-79-70(52-61)66-33-13-18-38-75(66)93(79)86-84(65-32-23-51-91-56-65)85(90-92-74-37-17-22-42-83(74)97-90)87(94-76-39-19-14-34-67(76)71-53-62(44-48-80(71)94)58-26-7-2-8-27-58)89(96-78-41-21-16-36-69(78)73-55-64(46-50-82(73)96)60-30-11-4-12-31-60)88(86)95-77-40-20-15-35-68(77)72-54-63(45-49-81(72)95)59-28-9-3-10-29-59/h1-56H. The van der Waals surface area contributed by atoms with E-state index in [1.807, 2.05) is 30.6 Å². The second-order valence-electron chi connectivity index (χ2n) is 25.2. The molecule has 0 aliphatic rings. The van der Waals surface area contributed by atoms with Crippen molar-refractivity contribution in [1.29, 1.82) is 0 Å². The van der Waals surface area contributed by atoms with Crippen molar-refractivity contribution in [3.63, 3.8) is 0 Å². The highest BCUT2D eigenvalue weighted by Gasteiger charge is 2.37. The molecule has 20 rings (SSSR count). The van der Waals surface area contributed by atoms with Crippen LogP contribution in [0.1, 0.15) is 0 Å². The van der Waals surface area contributed by atoms with E-state index < -0.39 is 0 Å². The molecule has 0 atom stereocenters. The van der Waals surface area contributed by atoms with Crippen molar-refractivity contribution in [1.82, 2.24) is 28.2 Å². The summed E-state index contributed by atoms with van der Waals surface area (Å²) in [6, 6.07) is 119. The number of rotatable bonds is 10. The Morgan fingerprint density at radius 3 is 0.897 bits per heavy atom. The van der Waals surface area contributed by atoms with Crippen molar-refractivity contribution in [2.45, 2.75) is 0 Å². The van der Waals surface area contributed by atoms with Gasteiger partial charge in [0.1, 0.15) is 5.52 Å². The van der Waals surface area contributed by atoms with Crippen molar-refractivity contribution < 1.29 is 4.42 Å². The molecule has 452 valence electrons. The van der Waals surface area contributed by atoms with Crippen molar-refractivity contribution in [3.05, 3.63) is 340 Å². The molecule has 6 heterocycles. The molecule has 0 fully saturated rings. The van der Waals surface area contributed by atoms with Gasteiger partial charge in [0.15, 0.2) is 5.58 Å². The first-order chi connectivity index (χ1) is 48.2. The van der Waals surface area contributed by atoms with E-state index in [1.54, 1.807) is 0 Å². The lowest BCUT2D eigenvalue weighted by Crippen LogP contribution is -2.16. The number of pyridine rings is 1. The van der Waals surface area contributed by atoms with Crippen LogP contribution in [0.3, 0.4) is 0 Å². The predicted octanol–water partition coefficient (Wildman–Crippen LogP) is 23.6. The summed E-state index contributed by atoms with van der Waals surface area (Å²) in [6.45, 7) is 0. The summed E-state index contributed by atoms with van der Waals surface area (Å²) >= 11 is 0. The molecule has 0 unspecified atom stereocenters. The lowest BCUT2D eigenvalue weighted by Gasteiger charge is -2.30. The summed E-state index contributed by atoms with van der Waals surface area (Å²) in [6.07, 6.45) is 3.90. The highest BCUT2D eigenvalue weighted by atomic mass is 16.3. The molecule has 0 N–H and O–H groups in total. The van der Waals surface area contributed by atoms with Gasteiger partial charge in [-0.3, -0.25) is 4.98 Å². The highest BCUT2D eigenvalue weighted by Crippen LogP contribution is 2.55. The zero-order valence-electron chi connectivity index (χ0n) is 52.4. The van der Waals surface area contributed by atoms with Gasteiger partial charge in [0.05, 0.1) is 72.4 Å². The van der Waals surface area contributed by atoms with Crippen LogP contribution in [0.4, 0.5) is 0 Å². The summed E-state index contributed by atoms with van der Waals surface area (Å²) in [4.78, 5) is 10.8. The van der Waals surface area contributed by atoms with Gasteiger partial charge < -0.3 is 22.7 Å². The monoisotopic (exact) mass is 1240 g/mol. The van der Waals surface area contributed by atoms with Crippen LogP contribution in [0.2, 0.25) is 0 Å². The second kappa shape index (κ2) is 21.7. The van der Waals surface area contributed by atoms with Crippen molar-refractivity contribution in [2.75, 3.05) is 0 Å². The molecule has 7 heteroatoms. The van der Waals surface area contributed by atoms with Gasteiger partial charge in [0, 0.05) is 66.6 Å². The Balaban J connectivity index is 1.09. The first-order valence-electron chi connectivity index (χ1n) is 33.0. The predicted molar refractivity (Wildman–Crippen MR) is 402 cm³/mol. The van der Waals surface area contributed by atoms with Crippen LogP contribution < -0.4 is 0 Å². The summed E-state index contributed by atoms with van der Waals surface area (Å²) in [7, 11) is 0. The number of para-hydroxylation sites is 6. The van der Waals surface area contributed by atoms with Crippen LogP contribution >= 0.6 is 0 Å². The van der Waals surface area contributed by atoms with Crippen LogP contribution in [-0.4, -0.2) is 28.2 Å². The largest absolute Gasteiger partial charge is 0.436 e. The van der Waals surface area contributed by atoms with Crippen molar-refractivity contribution in [3.8, 4) is 89.8 Å². The molecule has 7 nitrogen and oxygen atoms in total. The van der Waals surface area contributed by atoms with Gasteiger partial charge >= 0.3 is 0 Å². The molecular weight excluding hydrogens is 1180 g/mol. The average Bonchev–Trinajstić information content (AvgIpc) is 1.59. The maximum atomic E-state index is 7.54. The Bertz CT molecular complexity index is 6500. The van der Waals surface area contributed by atoms with Crippen LogP contribution in [0.5, 0.6) is 0 Å². The summed E-state index contributed by atoms with van der Waals surface area (Å²) in [5, 5.41) is 8.92.